The summed E-state index contributed by atoms with van der Waals surface area (Å²) in [5.74, 6) is 0.937. The topological polar surface area (TPSA) is 48.1 Å². The predicted octanol–water partition coefficient (Wildman–Crippen LogP) is 2.40. The number of rotatable bonds is 6. The van der Waals surface area contributed by atoms with Crippen LogP contribution in [0.15, 0.2) is 24.3 Å². The third-order valence-corrected chi connectivity index (χ3v) is 5.70. The summed E-state index contributed by atoms with van der Waals surface area (Å²) >= 11 is 0. The number of likely N-dealkylation sites (tertiary alicyclic amines) is 1. The van der Waals surface area contributed by atoms with Gasteiger partial charge in [0, 0.05) is 57.4 Å². The van der Waals surface area contributed by atoms with Crippen molar-refractivity contribution in [3.63, 3.8) is 0 Å². The first kappa shape index (κ1) is 20.0. The van der Waals surface area contributed by atoms with Gasteiger partial charge in [0.1, 0.15) is 5.75 Å². The first-order valence-electron chi connectivity index (χ1n) is 10.3. The third-order valence-electron chi connectivity index (χ3n) is 5.70. The van der Waals surface area contributed by atoms with Gasteiger partial charge in [0.25, 0.3) is 0 Å². The van der Waals surface area contributed by atoms with Crippen molar-refractivity contribution in [1.82, 2.24) is 20.0 Å². The van der Waals surface area contributed by atoms with E-state index in [1.165, 1.54) is 18.5 Å². The largest absolute Gasteiger partial charge is 0.496 e. The second-order valence-corrected chi connectivity index (χ2v) is 7.64. The molecule has 1 aromatic rings. The van der Waals surface area contributed by atoms with Crippen molar-refractivity contribution in [2.75, 3.05) is 52.9 Å². The van der Waals surface area contributed by atoms with E-state index in [9.17, 15) is 4.79 Å². The number of hydrogen-bond donors (Lipinski definition) is 1. The van der Waals surface area contributed by atoms with E-state index in [1.807, 2.05) is 23.1 Å². The van der Waals surface area contributed by atoms with E-state index < -0.39 is 0 Å². The van der Waals surface area contributed by atoms with Gasteiger partial charge in [0.15, 0.2) is 0 Å². The summed E-state index contributed by atoms with van der Waals surface area (Å²) in [5.41, 5.74) is 1.21. The number of ether oxygens (including phenoxy) is 1. The van der Waals surface area contributed by atoms with Gasteiger partial charge < -0.3 is 19.9 Å². The Morgan fingerprint density at radius 1 is 1.07 bits per heavy atom. The molecule has 0 radical (unpaired) electrons. The molecule has 0 unspecified atom stereocenters. The van der Waals surface area contributed by atoms with Gasteiger partial charge in [-0.3, -0.25) is 4.90 Å². The Kier molecular flexibility index (Phi) is 7.35. The lowest BCUT2D eigenvalue weighted by molar-refractivity contribution is 0.127. The van der Waals surface area contributed by atoms with Gasteiger partial charge in [-0.05, 0) is 31.9 Å². The number of benzene rings is 1. The minimum Gasteiger partial charge on any atom is -0.496 e. The first-order chi connectivity index (χ1) is 13.2. The van der Waals surface area contributed by atoms with E-state index in [1.54, 1.807) is 7.11 Å². The third kappa shape index (κ3) is 5.59. The predicted molar refractivity (Wildman–Crippen MR) is 108 cm³/mol. The normalized spacial score (nSPS) is 19.9. The molecule has 2 aliphatic rings. The highest BCUT2D eigenvalue weighted by atomic mass is 16.5. The molecule has 0 atom stereocenters. The zero-order chi connectivity index (χ0) is 19.1. The van der Waals surface area contributed by atoms with Crippen LogP contribution < -0.4 is 10.1 Å². The zero-order valence-corrected chi connectivity index (χ0v) is 16.8. The summed E-state index contributed by atoms with van der Waals surface area (Å²) in [6.07, 6.45) is 3.34. The molecule has 3 rings (SSSR count). The van der Waals surface area contributed by atoms with Crippen LogP contribution in [0.4, 0.5) is 4.79 Å². The first-order valence-corrected chi connectivity index (χ1v) is 10.3. The highest BCUT2D eigenvalue weighted by Gasteiger charge is 2.25. The molecule has 0 spiro atoms. The average molecular weight is 375 g/mol. The maximum absolute atomic E-state index is 12.6. The van der Waals surface area contributed by atoms with Gasteiger partial charge in [-0.25, -0.2) is 4.79 Å². The number of amides is 2. The van der Waals surface area contributed by atoms with Crippen LogP contribution in [-0.4, -0.2) is 79.7 Å². The number of piperidine rings is 1. The molecule has 1 N–H and O–H groups in total. The van der Waals surface area contributed by atoms with Gasteiger partial charge in [-0.1, -0.05) is 25.1 Å². The van der Waals surface area contributed by atoms with Crippen molar-refractivity contribution in [3.8, 4) is 5.75 Å². The molecule has 0 bridgehead atoms. The van der Waals surface area contributed by atoms with Crippen LogP contribution in [0.5, 0.6) is 5.75 Å². The molecule has 2 amide bonds. The molecular formula is C21H34N4O2. The monoisotopic (exact) mass is 374 g/mol. The molecule has 2 aliphatic heterocycles. The number of piperazine rings is 1. The summed E-state index contributed by atoms with van der Waals surface area (Å²) in [7, 11) is 1.72. The molecule has 6 nitrogen and oxygen atoms in total. The summed E-state index contributed by atoms with van der Waals surface area (Å²) in [6, 6.07) is 8.61. The highest BCUT2D eigenvalue weighted by Crippen LogP contribution is 2.20. The molecule has 1 aromatic carbocycles. The van der Waals surface area contributed by atoms with Crippen LogP contribution >= 0.6 is 0 Å². The number of methoxy groups -OCH3 is 1. The molecule has 150 valence electrons. The molecule has 6 heteroatoms. The van der Waals surface area contributed by atoms with Gasteiger partial charge in [-0.2, -0.15) is 0 Å². The van der Waals surface area contributed by atoms with Gasteiger partial charge >= 0.3 is 6.03 Å². The molecular weight excluding hydrogens is 340 g/mol. The second kappa shape index (κ2) is 9.95. The number of nitrogens with one attached hydrogen (secondary N) is 1. The summed E-state index contributed by atoms with van der Waals surface area (Å²) in [5, 5.41) is 3.26. The number of carbonyl (C=O) groups is 1. The lowest BCUT2D eigenvalue weighted by Gasteiger charge is -2.37. The molecule has 2 fully saturated rings. The van der Waals surface area contributed by atoms with E-state index in [-0.39, 0.29) is 6.03 Å². The standard InChI is InChI=1S/C21H34N4O2/c1-3-10-23-11-8-19(9-12-23)22-21(26)25-15-13-24(14-16-25)17-18-6-4-5-7-20(18)27-2/h4-7,19H,3,8-17H2,1-2H3,(H,22,26). The van der Waals surface area contributed by atoms with Crippen molar-refractivity contribution >= 4 is 6.03 Å². The van der Waals surface area contributed by atoms with Crippen LogP contribution in [-0.2, 0) is 6.54 Å². The molecule has 2 saturated heterocycles. The maximum Gasteiger partial charge on any atom is 0.317 e. The summed E-state index contributed by atoms with van der Waals surface area (Å²) < 4.78 is 5.45. The summed E-state index contributed by atoms with van der Waals surface area (Å²) in [6.45, 7) is 9.86. The van der Waals surface area contributed by atoms with Crippen molar-refractivity contribution in [1.29, 1.82) is 0 Å². The Labute approximate surface area is 163 Å². The van der Waals surface area contributed by atoms with Crippen molar-refractivity contribution in [3.05, 3.63) is 29.8 Å². The number of para-hydroxylation sites is 1. The van der Waals surface area contributed by atoms with E-state index in [4.69, 9.17) is 4.74 Å². The number of nitrogens with zero attached hydrogens (tertiary/aromatic N) is 3. The van der Waals surface area contributed by atoms with E-state index in [0.29, 0.717) is 6.04 Å². The van der Waals surface area contributed by atoms with Crippen molar-refractivity contribution in [2.45, 2.75) is 38.8 Å². The fourth-order valence-electron chi connectivity index (χ4n) is 4.07. The van der Waals surface area contributed by atoms with Crippen LogP contribution in [0.2, 0.25) is 0 Å². The van der Waals surface area contributed by atoms with E-state index in [2.05, 4.69) is 28.1 Å². The Morgan fingerprint density at radius 2 is 1.78 bits per heavy atom. The molecule has 27 heavy (non-hydrogen) atoms. The quantitative estimate of drug-likeness (QED) is 0.831. The van der Waals surface area contributed by atoms with E-state index >= 15 is 0 Å². The molecule has 0 aromatic heterocycles. The Hall–Kier alpha value is -1.79. The van der Waals surface area contributed by atoms with Crippen molar-refractivity contribution in [2.24, 2.45) is 0 Å². The van der Waals surface area contributed by atoms with Gasteiger partial charge in [0.05, 0.1) is 7.11 Å². The fourth-order valence-corrected chi connectivity index (χ4v) is 4.07. The van der Waals surface area contributed by atoms with Crippen LogP contribution in [0, 0.1) is 0 Å². The lowest BCUT2D eigenvalue weighted by atomic mass is 10.1. The number of hydrogen-bond acceptors (Lipinski definition) is 4. The molecule has 2 heterocycles. The summed E-state index contributed by atoms with van der Waals surface area (Å²) in [4.78, 5) is 19.5. The fraction of sp³-hybridized carbons (Fsp3) is 0.667. The number of carbonyl (C=O) groups excluding carboxylic acids is 1. The van der Waals surface area contributed by atoms with Gasteiger partial charge in [-0.15, -0.1) is 0 Å². The van der Waals surface area contributed by atoms with Crippen LogP contribution in [0.25, 0.3) is 0 Å². The smallest absolute Gasteiger partial charge is 0.317 e. The van der Waals surface area contributed by atoms with Gasteiger partial charge in [0.2, 0.25) is 0 Å². The Bertz CT molecular complexity index is 594. The second-order valence-electron chi connectivity index (χ2n) is 7.64. The number of urea groups is 1. The Morgan fingerprint density at radius 3 is 2.44 bits per heavy atom. The highest BCUT2D eigenvalue weighted by molar-refractivity contribution is 5.74. The lowest BCUT2D eigenvalue weighted by Crippen LogP contribution is -2.54. The average Bonchev–Trinajstić information content (AvgIpc) is 2.70. The van der Waals surface area contributed by atoms with Crippen molar-refractivity contribution < 1.29 is 9.53 Å². The minimum absolute atomic E-state index is 0.112. The molecule has 0 aliphatic carbocycles. The minimum atomic E-state index is 0.112. The molecule has 0 saturated carbocycles. The SMILES string of the molecule is CCCN1CCC(NC(=O)N2CCN(Cc3ccccc3OC)CC2)CC1. The van der Waals surface area contributed by atoms with Crippen LogP contribution in [0.1, 0.15) is 31.7 Å². The van der Waals surface area contributed by atoms with Crippen LogP contribution in [0.3, 0.4) is 0 Å². The van der Waals surface area contributed by atoms with E-state index in [0.717, 1.165) is 64.4 Å². The Balaban J connectivity index is 1.40. The zero-order valence-electron chi connectivity index (χ0n) is 16.8. The maximum atomic E-state index is 12.6.